The molecule has 0 aromatic rings. The Bertz CT molecular complexity index is 235. The fraction of sp³-hybridized carbons (Fsp3) is 0.833. The molecule has 1 N–H and O–H groups in total. The fourth-order valence-electron chi connectivity index (χ4n) is 0.533. The molecule has 5 nitrogen and oxygen atoms in total. The Hall–Kier alpha value is 1.02. The molecule has 74 valence electrons. The van der Waals surface area contributed by atoms with Gasteiger partial charge in [-0.05, 0) is 6.42 Å². The van der Waals surface area contributed by atoms with Crippen molar-refractivity contribution in [3.8, 4) is 0 Å². The average molecular weight is 236 g/mol. The molecule has 7 heteroatoms. The molecule has 0 aromatic heterocycles. The molecule has 0 bridgehead atoms. The van der Waals surface area contributed by atoms with Gasteiger partial charge in [-0.25, -0.2) is 0 Å². The Balaban J connectivity index is 0. The van der Waals surface area contributed by atoms with Crippen molar-refractivity contribution in [2.75, 3.05) is 5.94 Å². The third-order valence-electron chi connectivity index (χ3n) is 1.10. The van der Waals surface area contributed by atoms with Crippen LogP contribution in [0.4, 0.5) is 0 Å². The van der Waals surface area contributed by atoms with E-state index in [-0.39, 0.29) is 57.8 Å². The van der Waals surface area contributed by atoms with Crippen LogP contribution in [0.3, 0.4) is 0 Å². The van der Waals surface area contributed by atoms with E-state index in [4.69, 9.17) is 4.55 Å². The molecule has 0 fully saturated rings. The maximum absolute atomic E-state index is 10.7. The van der Waals surface area contributed by atoms with Gasteiger partial charge >= 0.3 is 67.5 Å². The second-order valence-electron chi connectivity index (χ2n) is 2.32. The van der Waals surface area contributed by atoms with E-state index in [9.17, 15) is 13.2 Å². The molecular formula is C6H13KO5S. The van der Waals surface area contributed by atoms with Crippen LogP contribution >= 0.6 is 0 Å². The van der Waals surface area contributed by atoms with Crippen LogP contribution in [0.5, 0.6) is 0 Å². The van der Waals surface area contributed by atoms with Gasteiger partial charge < -0.3 is 4.74 Å². The number of rotatable bonds is 5. The molecule has 0 rings (SSSR count). The van der Waals surface area contributed by atoms with Crippen molar-refractivity contribution in [3.05, 3.63) is 0 Å². The molecule has 0 aliphatic carbocycles. The molecule has 0 saturated heterocycles. The zero-order chi connectivity index (χ0) is 9.61. The van der Waals surface area contributed by atoms with E-state index in [2.05, 4.69) is 4.74 Å². The number of hydrogen-bond donors (Lipinski definition) is 1. The van der Waals surface area contributed by atoms with Crippen LogP contribution in [0, 0.1) is 0 Å². The van der Waals surface area contributed by atoms with Gasteiger partial charge in [0.15, 0.2) is 0 Å². The molecule has 0 unspecified atom stereocenters. The predicted octanol–water partition coefficient (Wildman–Crippen LogP) is -0.0834. The number of carbonyl (C=O) groups is 1. The van der Waals surface area contributed by atoms with Gasteiger partial charge in [-0.1, -0.05) is 13.3 Å². The first-order valence-corrected chi connectivity index (χ1v) is 5.17. The first kappa shape index (κ1) is 16.4. The van der Waals surface area contributed by atoms with Gasteiger partial charge in [0, 0.05) is 6.42 Å². The standard InChI is InChI=1S/C6H12O5S.K.H/c1-2-3-4-6(7)11-5-12(8,9)10;;/h2-5H2,1H3,(H,8,9,10);;. The molecule has 0 amide bonds. The third kappa shape index (κ3) is 13.0. The maximum atomic E-state index is 10.7. The summed E-state index contributed by atoms with van der Waals surface area (Å²) in [6.45, 7) is 1.90. The van der Waals surface area contributed by atoms with Crippen LogP contribution in [0.15, 0.2) is 0 Å². The Morgan fingerprint density at radius 1 is 1.46 bits per heavy atom. The van der Waals surface area contributed by atoms with E-state index in [1.165, 1.54) is 0 Å². The van der Waals surface area contributed by atoms with Gasteiger partial charge in [0.05, 0.1) is 0 Å². The van der Waals surface area contributed by atoms with Crippen molar-refractivity contribution in [2.24, 2.45) is 0 Å². The van der Waals surface area contributed by atoms with Gasteiger partial charge in [0.2, 0.25) is 5.94 Å². The summed E-state index contributed by atoms with van der Waals surface area (Å²) in [5.74, 6) is -1.55. The zero-order valence-electron chi connectivity index (χ0n) is 6.82. The summed E-state index contributed by atoms with van der Waals surface area (Å²) in [7, 11) is -4.19. The van der Waals surface area contributed by atoms with Gasteiger partial charge in [-0.15, -0.1) is 0 Å². The van der Waals surface area contributed by atoms with Gasteiger partial charge in [-0.3, -0.25) is 9.35 Å². The fourth-order valence-corrected chi connectivity index (χ4v) is 0.814. The van der Waals surface area contributed by atoms with Gasteiger partial charge in [0.1, 0.15) is 0 Å². The molecule has 0 atom stereocenters. The van der Waals surface area contributed by atoms with Crippen LogP contribution in [0.1, 0.15) is 26.2 Å². The van der Waals surface area contributed by atoms with Crippen molar-refractivity contribution < 1.29 is 22.5 Å². The molecule has 13 heavy (non-hydrogen) atoms. The molecule has 0 aliphatic rings. The van der Waals surface area contributed by atoms with Crippen molar-refractivity contribution in [1.29, 1.82) is 0 Å². The summed E-state index contributed by atoms with van der Waals surface area (Å²) in [5, 5.41) is 0. The van der Waals surface area contributed by atoms with Gasteiger partial charge in [-0.2, -0.15) is 8.42 Å². The molecule has 0 radical (unpaired) electrons. The Labute approximate surface area is 120 Å². The van der Waals surface area contributed by atoms with Crippen molar-refractivity contribution in [2.45, 2.75) is 26.2 Å². The monoisotopic (exact) mass is 236 g/mol. The molecular weight excluding hydrogens is 223 g/mol. The third-order valence-corrected chi connectivity index (χ3v) is 1.52. The summed E-state index contributed by atoms with van der Waals surface area (Å²) < 4.78 is 32.6. The van der Waals surface area contributed by atoms with E-state index >= 15 is 0 Å². The number of hydrogen-bond acceptors (Lipinski definition) is 4. The number of ether oxygens (including phenoxy) is 1. The molecule has 0 aromatic carbocycles. The molecule has 0 heterocycles. The number of carbonyl (C=O) groups excluding carboxylic acids is 1. The van der Waals surface area contributed by atoms with Crippen molar-refractivity contribution in [3.63, 3.8) is 0 Å². The summed E-state index contributed by atoms with van der Waals surface area (Å²) in [6, 6.07) is 0. The molecule has 0 spiro atoms. The number of unbranched alkanes of at least 4 members (excludes halogenated alkanes) is 1. The molecule has 0 aliphatic heterocycles. The Morgan fingerprint density at radius 3 is 2.38 bits per heavy atom. The Morgan fingerprint density at radius 2 is 2.00 bits per heavy atom. The second-order valence-corrected chi connectivity index (χ2v) is 3.72. The first-order chi connectivity index (χ1) is 5.45. The minimum absolute atomic E-state index is 0. The topological polar surface area (TPSA) is 80.7 Å². The minimum atomic E-state index is -4.19. The number of esters is 1. The van der Waals surface area contributed by atoms with E-state index in [1.807, 2.05) is 6.92 Å². The van der Waals surface area contributed by atoms with Crippen molar-refractivity contribution >= 4 is 67.5 Å². The summed E-state index contributed by atoms with van der Waals surface area (Å²) in [4.78, 5) is 10.7. The van der Waals surface area contributed by atoms with Crippen LogP contribution in [-0.4, -0.2) is 76.3 Å². The van der Waals surface area contributed by atoms with E-state index in [1.54, 1.807) is 0 Å². The van der Waals surface area contributed by atoms with E-state index in [0.717, 1.165) is 6.42 Å². The normalized spacial score (nSPS) is 10.3. The Kier molecular flexibility index (Phi) is 10.5. The summed E-state index contributed by atoms with van der Waals surface area (Å²) in [5.41, 5.74) is 0. The first-order valence-electron chi connectivity index (χ1n) is 3.56. The zero-order valence-corrected chi connectivity index (χ0v) is 7.63. The average Bonchev–Trinajstić information content (AvgIpc) is 1.95. The molecule has 0 saturated carbocycles. The van der Waals surface area contributed by atoms with E-state index < -0.39 is 22.0 Å². The quantitative estimate of drug-likeness (QED) is 0.410. The SMILES string of the molecule is CCCCC(=O)OCS(=O)(=O)O.[KH]. The second kappa shape index (κ2) is 8.34. The predicted molar refractivity (Wildman–Crippen MR) is 49.2 cm³/mol. The van der Waals surface area contributed by atoms with Crippen molar-refractivity contribution in [1.82, 2.24) is 0 Å². The summed E-state index contributed by atoms with van der Waals surface area (Å²) >= 11 is 0. The van der Waals surface area contributed by atoms with E-state index in [0.29, 0.717) is 6.42 Å². The van der Waals surface area contributed by atoms with Crippen LogP contribution < -0.4 is 0 Å². The van der Waals surface area contributed by atoms with Gasteiger partial charge in [0.25, 0.3) is 0 Å². The van der Waals surface area contributed by atoms with Crippen LogP contribution in [-0.2, 0) is 19.6 Å². The summed E-state index contributed by atoms with van der Waals surface area (Å²) in [6.07, 6.45) is 1.68. The van der Waals surface area contributed by atoms with Crippen LogP contribution in [0.25, 0.3) is 0 Å². The van der Waals surface area contributed by atoms with Crippen LogP contribution in [0.2, 0.25) is 0 Å².